The molecule has 3 aromatic carbocycles. The molecule has 0 saturated carbocycles. The predicted octanol–water partition coefficient (Wildman–Crippen LogP) is 4.21. The fraction of sp³-hybridized carbons (Fsp3) is 0. The summed E-state index contributed by atoms with van der Waals surface area (Å²) < 4.78 is 5.39. The number of non-ortho nitro benzene ring substituents is 1. The Morgan fingerprint density at radius 2 is 1.76 bits per heavy atom. The number of esters is 1. The van der Waals surface area contributed by atoms with Crippen LogP contribution in [-0.4, -0.2) is 15.9 Å². The van der Waals surface area contributed by atoms with Crippen LogP contribution in [0, 0.1) is 10.1 Å². The molecule has 1 aromatic heterocycles. The SMILES string of the molecule is O=C(/C=C/c1ccc([N+](=O)[O-])cc1)Oc1cc(=O)[nH]c2c1ccc1ccccc12. The standard InChI is InChI=1S/C22H14N2O5/c25-20-13-19(18-11-8-15-3-1-2-4-17(15)22(18)23-20)29-21(26)12-7-14-5-9-16(10-6-14)24(27)28/h1-13H,(H,23,25)/b12-7+. The third-order valence-corrected chi connectivity index (χ3v) is 4.43. The largest absolute Gasteiger partial charge is 0.422 e. The van der Waals surface area contributed by atoms with Crippen molar-refractivity contribution in [3.63, 3.8) is 0 Å². The Bertz CT molecular complexity index is 1340. The molecule has 0 aliphatic heterocycles. The Morgan fingerprint density at radius 1 is 1.00 bits per heavy atom. The molecule has 142 valence electrons. The molecule has 0 bridgehead atoms. The summed E-state index contributed by atoms with van der Waals surface area (Å²) >= 11 is 0. The number of pyridine rings is 1. The molecule has 7 heteroatoms. The Morgan fingerprint density at radius 3 is 2.52 bits per heavy atom. The maximum Gasteiger partial charge on any atom is 0.336 e. The summed E-state index contributed by atoms with van der Waals surface area (Å²) in [6.07, 6.45) is 2.69. The molecule has 0 fully saturated rings. The van der Waals surface area contributed by atoms with Crippen molar-refractivity contribution in [2.75, 3.05) is 0 Å². The van der Waals surface area contributed by atoms with Gasteiger partial charge in [0.2, 0.25) is 0 Å². The van der Waals surface area contributed by atoms with E-state index < -0.39 is 10.9 Å². The molecule has 0 atom stereocenters. The lowest BCUT2D eigenvalue weighted by atomic mass is 10.1. The first-order valence-electron chi connectivity index (χ1n) is 8.70. The van der Waals surface area contributed by atoms with Gasteiger partial charge in [0.05, 0.1) is 10.4 Å². The minimum absolute atomic E-state index is 0.0352. The Balaban J connectivity index is 1.63. The zero-order chi connectivity index (χ0) is 20.4. The molecule has 0 unspecified atom stereocenters. The summed E-state index contributed by atoms with van der Waals surface area (Å²) in [5.74, 6) is -0.503. The van der Waals surface area contributed by atoms with E-state index in [2.05, 4.69) is 4.98 Å². The maximum absolute atomic E-state index is 12.3. The van der Waals surface area contributed by atoms with Crippen molar-refractivity contribution < 1.29 is 14.5 Å². The molecule has 0 saturated heterocycles. The monoisotopic (exact) mass is 386 g/mol. The molecule has 1 N–H and O–H groups in total. The van der Waals surface area contributed by atoms with E-state index in [-0.39, 0.29) is 17.0 Å². The van der Waals surface area contributed by atoms with Crippen LogP contribution >= 0.6 is 0 Å². The summed E-state index contributed by atoms with van der Waals surface area (Å²) in [7, 11) is 0. The Hall–Kier alpha value is -4.26. The third kappa shape index (κ3) is 3.74. The van der Waals surface area contributed by atoms with Gasteiger partial charge < -0.3 is 9.72 Å². The Labute approximate surface area is 164 Å². The summed E-state index contributed by atoms with van der Waals surface area (Å²) in [6, 6.07) is 18.2. The van der Waals surface area contributed by atoms with Crippen molar-refractivity contribution in [3.8, 4) is 5.75 Å². The second kappa shape index (κ2) is 7.40. The molecule has 29 heavy (non-hydrogen) atoms. The highest BCUT2D eigenvalue weighted by atomic mass is 16.6. The first-order chi connectivity index (χ1) is 14.0. The first kappa shape index (κ1) is 18.1. The summed E-state index contributed by atoms with van der Waals surface area (Å²) in [6.45, 7) is 0. The smallest absolute Gasteiger partial charge is 0.336 e. The van der Waals surface area contributed by atoms with Gasteiger partial charge in [-0.05, 0) is 35.2 Å². The fourth-order valence-electron chi connectivity index (χ4n) is 3.07. The van der Waals surface area contributed by atoms with E-state index in [9.17, 15) is 19.7 Å². The molecule has 0 amide bonds. The van der Waals surface area contributed by atoms with Crippen molar-refractivity contribution in [2.45, 2.75) is 0 Å². The van der Waals surface area contributed by atoms with E-state index in [1.807, 2.05) is 30.3 Å². The van der Waals surface area contributed by atoms with Gasteiger partial charge in [-0.1, -0.05) is 30.3 Å². The molecule has 4 aromatic rings. The summed E-state index contributed by atoms with van der Waals surface area (Å²) in [5.41, 5.74) is 0.787. The van der Waals surface area contributed by atoms with Crippen molar-refractivity contribution in [1.82, 2.24) is 4.98 Å². The third-order valence-electron chi connectivity index (χ3n) is 4.43. The number of nitrogens with zero attached hydrogens (tertiary/aromatic N) is 1. The molecule has 0 aliphatic carbocycles. The van der Waals surface area contributed by atoms with Crippen LogP contribution < -0.4 is 10.3 Å². The van der Waals surface area contributed by atoms with Crippen LogP contribution in [0.15, 0.2) is 77.6 Å². The quantitative estimate of drug-likeness (QED) is 0.186. The van der Waals surface area contributed by atoms with Gasteiger partial charge in [-0.15, -0.1) is 0 Å². The molecular weight excluding hydrogens is 372 g/mol. The molecule has 0 aliphatic rings. The number of benzene rings is 3. The average Bonchev–Trinajstić information content (AvgIpc) is 2.72. The van der Waals surface area contributed by atoms with Crippen LogP contribution in [0.25, 0.3) is 27.8 Å². The van der Waals surface area contributed by atoms with Gasteiger partial charge in [-0.3, -0.25) is 14.9 Å². The zero-order valence-electron chi connectivity index (χ0n) is 15.0. The number of carbonyl (C=O) groups is 1. The number of nitro groups is 1. The molecule has 4 rings (SSSR count). The highest BCUT2D eigenvalue weighted by molar-refractivity contribution is 6.07. The summed E-state index contributed by atoms with van der Waals surface area (Å²) in [5, 5.41) is 13.1. The molecule has 0 spiro atoms. The van der Waals surface area contributed by atoms with Crippen LogP contribution in [0.4, 0.5) is 5.69 Å². The lowest BCUT2D eigenvalue weighted by Gasteiger charge is -2.08. The van der Waals surface area contributed by atoms with Gasteiger partial charge in [0.25, 0.3) is 11.2 Å². The van der Waals surface area contributed by atoms with Crippen LogP contribution in [0.5, 0.6) is 5.75 Å². The second-order valence-corrected chi connectivity index (χ2v) is 6.31. The predicted molar refractivity (Wildman–Crippen MR) is 110 cm³/mol. The van der Waals surface area contributed by atoms with E-state index in [0.717, 1.165) is 10.8 Å². The normalized spacial score (nSPS) is 11.2. The highest BCUT2D eigenvalue weighted by Gasteiger charge is 2.10. The Kier molecular flexibility index (Phi) is 4.62. The number of nitro benzene ring substituents is 1. The van der Waals surface area contributed by atoms with E-state index in [1.165, 1.54) is 42.5 Å². The van der Waals surface area contributed by atoms with E-state index in [1.54, 1.807) is 6.07 Å². The number of hydrogen-bond acceptors (Lipinski definition) is 5. The average molecular weight is 386 g/mol. The van der Waals surface area contributed by atoms with Crippen LogP contribution in [0.3, 0.4) is 0 Å². The van der Waals surface area contributed by atoms with Crippen molar-refractivity contribution in [3.05, 3.63) is 98.8 Å². The second-order valence-electron chi connectivity index (χ2n) is 6.31. The number of nitrogens with one attached hydrogen (secondary N) is 1. The van der Waals surface area contributed by atoms with Gasteiger partial charge in [0.1, 0.15) is 5.75 Å². The lowest BCUT2D eigenvalue weighted by molar-refractivity contribution is -0.384. The van der Waals surface area contributed by atoms with E-state index in [0.29, 0.717) is 16.5 Å². The maximum atomic E-state index is 12.3. The minimum atomic E-state index is -0.664. The van der Waals surface area contributed by atoms with Crippen molar-refractivity contribution in [2.24, 2.45) is 0 Å². The lowest BCUT2D eigenvalue weighted by Crippen LogP contribution is -2.10. The number of aromatic nitrogens is 1. The van der Waals surface area contributed by atoms with Gasteiger partial charge >= 0.3 is 5.97 Å². The molecule has 0 radical (unpaired) electrons. The van der Waals surface area contributed by atoms with Crippen molar-refractivity contribution in [1.29, 1.82) is 0 Å². The number of rotatable bonds is 4. The van der Waals surface area contributed by atoms with Crippen LogP contribution in [-0.2, 0) is 4.79 Å². The highest BCUT2D eigenvalue weighted by Crippen LogP contribution is 2.29. The van der Waals surface area contributed by atoms with E-state index in [4.69, 9.17) is 4.74 Å². The number of ether oxygens (including phenoxy) is 1. The molecular formula is C22H14N2O5. The fourth-order valence-corrected chi connectivity index (χ4v) is 3.07. The van der Waals surface area contributed by atoms with Gasteiger partial charge in [-0.2, -0.15) is 0 Å². The van der Waals surface area contributed by atoms with Gasteiger partial charge in [-0.25, -0.2) is 4.79 Å². The van der Waals surface area contributed by atoms with Gasteiger partial charge in [0.15, 0.2) is 0 Å². The number of fused-ring (bicyclic) bond motifs is 3. The molecule has 1 heterocycles. The number of aromatic amines is 1. The van der Waals surface area contributed by atoms with Crippen molar-refractivity contribution >= 4 is 39.4 Å². The topological polar surface area (TPSA) is 102 Å². The van der Waals surface area contributed by atoms with Crippen LogP contribution in [0.2, 0.25) is 0 Å². The number of carbonyl (C=O) groups excluding carboxylic acids is 1. The van der Waals surface area contributed by atoms with E-state index >= 15 is 0 Å². The number of H-pyrrole nitrogens is 1. The van der Waals surface area contributed by atoms with Crippen LogP contribution in [0.1, 0.15) is 5.56 Å². The minimum Gasteiger partial charge on any atom is -0.422 e. The number of hydrogen-bond donors (Lipinski definition) is 1. The molecule has 7 nitrogen and oxygen atoms in total. The summed E-state index contributed by atoms with van der Waals surface area (Å²) in [4.78, 5) is 37.3. The van der Waals surface area contributed by atoms with Gasteiger partial charge in [0, 0.05) is 35.0 Å². The zero-order valence-corrected chi connectivity index (χ0v) is 15.0. The first-order valence-corrected chi connectivity index (χ1v) is 8.70.